The lowest BCUT2D eigenvalue weighted by molar-refractivity contribution is 0.847. The highest BCUT2D eigenvalue weighted by Gasteiger charge is 2.05. The fourth-order valence-corrected chi connectivity index (χ4v) is 2.22. The Hall–Kier alpha value is -2.21. The molecular formula is C15H14BrN5. The maximum absolute atomic E-state index is 4.46. The molecule has 0 saturated carbocycles. The normalized spacial score (nSPS) is 10.6. The maximum atomic E-state index is 4.46. The quantitative estimate of drug-likeness (QED) is 0.789. The molecule has 0 unspecified atom stereocenters. The number of nitrogens with one attached hydrogen (secondary N) is 1. The zero-order chi connectivity index (χ0) is 14.7. The lowest BCUT2D eigenvalue weighted by Crippen LogP contribution is -2.07. The first-order chi connectivity index (χ1) is 10.2. The lowest BCUT2D eigenvalue weighted by Gasteiger charge is -2.10. The summed E-state index contributed by atoms with van der Waals surface area (Å²) in [6.45, 7) is 2.61. The number of nitrogens with zero attached hydrogens (tertiary/aromatic N) is 4. The van der Waals surface area contributed by atoms with Crippen molar-refractivity contribution in [2.45, 2.75) is 13.5 Å². The van der Waals surface area contributed by atoms with Crippen LogP contribution in [0.1, 0.15) is 11.3 Å². The van der Waals surface area contributed by atoms with Gasteiger partial charge in [-0.25, -0.2) is 14.6 Å². The molecule has 2 aromatic heterocycles. The fourth-order valence-electron chi connectivity index (χ4n) is 2.01. The number of halogens is 1. The van der Waals surface area contributed by atoms with E-state index in [4.69, 9.17) is 0 Å². The molecule has 3 aromatic rings. The second kappa shape index (κ2) is 6.05. The van der Waals surface area contributed by atoms with E-state index in [1.54, 1.807) is 12.4 Å². The molecule has 1 aromatic carbocycles. The Morgan fingerprint density at radius 2 is 1.90 bits per heavy atom. The van der Waals surface area contributed by atoms with Gasteiger partial charge in [0.2, 0.25) is 5.95 Å². The minimum Gasteiger partial charge on any atom is -0.350 e. The summed E-state index contributed by atoms with van der Waals surface area (Å²) in [5.41, 5.74) is 3.18. The Kier molecular flexibility index (Phi) is 3.96. The summed E-state index contributed by atoms with van der Waals surface area (Å²) in [5, 5.41) is 7.68. The summed E-state index contributed by atoms with van der Waals surface area (Å²) in [6, 6.07) is 10.1. The molecule has 0 bridgehead atoms. The van der Waals surface area contributed by atoms with Gasteiger partial charge in [0.25, 0.3) is 0 Å². The van der Waals surface area contributed by atoms with Crippen molar-refractivity contribution in [3.8, 4) is 5.69 Å². The van der Waals surface area contributed by atoms with E-state index in [2.05, 4.69) is 42.4 Å². The van der Waals surface area contributed by atoms with Gasteiger partial charge in [-0.05, 0) is 40.5 Å². The van der Waals surface area contributed by atoms with Crippen molar-refractivity contribution in [2.24, 2.45) is 0 Å². The molecule has 0 spiro atoms. The minimum atomic E-state index is 0.602. The van der Waals surface area contributed by atoms with Crippen LogP contribution in [0.4, 0.5) is 5.95 Å². The van der Waals surface area contributed by atoms with Crippen molar-refractivity contribution in [2.75, 3.05) is 5.32 Å². The first kappa shape index (κ1) is 13.8. The SMILES string of the molecule is Cc1ccn(-c2ccccc2CNc2ncc(Br)cn2)n1. The molecule has 3 rings (SSSR count). The Bertz CT molecular complexity index is 736. The summed E-state index contributed by atoms with van der Waals surface area (Å²) in [5.74, 6) is 0.602. The molecule has 1 N–H and O–H groups in total. The van der Waals surface area contributed by atoms with Gasteiger partial charge in [-0.3, -0.25) is 0 Å². The number of anilines is 1. The standard InChI is InChI=1S/C15H14BrN5/c1-11-6-7-21(20-11)14-5-3-2-4-12(14)8-17-15-18-9-13(16)10-19-15/h2-7,9-10H,8H2,1H3,(H,17,18,19). The highest BCUT2D eigenvalue weighted by Crippen LogP contribution is 2.15. The van der Waals surface area contributed by atoms with E-state index in [-0.39, 0.29) is 0 Å². The number of aryl methyl sites for hydroxylation is 1. The van der Waals surface area contributed by atoms with E-state index in [9.17, 15) is 0 Å². The predicted molar refractivity (Wildman–Crippen MR) is 85.4 cm³/mol. The highest BCUT2D eigenvalue weighted by atomic mass is 79.9. The van der Waals surface area contributed by atoms with E-state index in [1.165, 1.54) is 0 Å². The third kappa shape index (κ3) is 3.28. The van der Waals surface area contributed by atoms with Crippen LogP contribution in [0, 0.1) is 6.92 Å². The molecule has 0 aliphatic carbocycles. The average molecular weight is 344 g/mol. The molecule has 0 aliphatic heterocycles. The molecule has 21 heavy (non-hydrogen) atoms. The topological polar surface area (TPSA) is 55.6 Å². The van der Waals surface area contributed by atoms with Gasteiger partial charge in [0.1, 0.15) is 0 Å². The van der Waals surface area contributed by atoms with Gasteiger partial charge in [-0.2, -0.15) is 5.10 Å². The van der Waals surface area contributed by atoms with Crippen molar-refractivity contribution in [3.63, 3.8) is 0 Å². The van der Waals surface area contributed by atoms with E-state index in [0.717, 1.165) is 21.4 Å². The number of para-hydroxylation sites is 1. The number of rotatable bonds is 4. The second-order valence-electron chi connectivity index (χ2n) is 4.61. The monoisotopic (exact) mass is 343 g/mol. The van der Waals surface area contributed by atoms with E-state index >= 15 is 0 Å². The Morgan fingerprint density at radius 3 is 2.62 bits per heavy atom. The zero-order valence-electron chi connectivity index (χ0n) is 11.5. The number of hydrogen-bond donors (Lipinski definition) is 1. The van der Waals surface area contributed by atoms with Crippen molar-refractivity contribution >= 4 is 21.9 Å². The molecule has 106 valence electrons. The summed E-state index contributed by atoms with van der Waals surface area (Å²) in [7, 11) is 0. The van der Waals surface area contributed by atoms with E-state index in [1.807, 2.05) is 42.1 Å². The fraction of sp³-hybridized carbons (Fsp3) is 0.133. The van der Waals surface area contributed by atoms with Crippen LogP contribution in [0.2, 0.25) is 0 Å². The van der Waals surface area contributed by atoms with Gasteiger partial charge >= 0.3 is 0 Å². The Labute approximate surface area is 131 Å². The van der Waals surface area contributed by atoms with Crippen molar-refractivity contribution in [1.82, 2.24) is 19.7 Å². The molecule has 0 fully saturated rings. The summed E-state index contributed by atoms with van der Waals surface area (Å²) < 4.78 is 2.75. The van der Waals surface area contributed by atoms with Gasteiger partial charge in [-0.1, -0.05) is 18.2 Å². The number of benzene rings is 1. The van der Waals surface area contributed by atoms with Crippen molar-refractivity contribution in [1.29, 1.82) is 0 Å². The molecule has 2 heterocycles. The Morgan fingerprint density at radius 1 is 1.14 bits per heavy atom. The first-order valence-electron chi connectivity index (χ1n) is 6.54. The molecule has 6 heteroatoms. The van der Waals surface area contributed by atoms with E-state index < -0.39 is 0 Å². The van der Waals surface area contributed by atoms with Crippen LogP contribution >= 0.6 is 15.9 Å². The highest BCUT2D eigenvalue weighted by molar-refractivity contribution is 9.10. The van der Waals surface area contributed by atoms with E-state index in [0.29, 0.717) is 12.5 Å². The largest absolute Gasteiger partial charge is 0.350 e. The summed E-state index contributed by atoms with van der Waals surface area (Å²) in [4.78, 5) is 8.42. The average Bonchev–Trinajstić information content (AvgIpc) is 2.93. The maximum Gasteiger partial charge on any atom is 0.222 e. The van der Waals surface area contributed by atoms with Crippen molar-refractivity contribution in [3.05, 3.63) is 64.7 Å². The Balaban J connectivity index is 1.81. The summed E-state index contributed by atoms with van der Waals surface area (Å²) in [6.07, 6.45) is 5.40. The first-order valence-corrected chi connectivity index (χ1v) is 7.33. The molecule has 0 aliphatic rings. The third-order valence-corrected chi connectivity index (χ3v) is 3.43. The molecule has 0 amide bonds. The van der Waals surface area contributed by atoms with Crippen molar-refractivity contribution < 1.29 is 0 Å². The number of hydrogen-bond acceptors (Lipinski definition) is 4. The second-order valence-corrected chi connectivity index (χ2v) is 5.52. The third-order valence-electron chi connectivity index (χ3n) is 3.02. The van der Waals surface area contributed by atoms with Gasteiger partial charge < -0.3 is 5.32 Å². The smallest absolute Gasteiger partial charge is 0.222 e. The lowest BCUT2D eigenvalue weighted by atomic mass is 10.2. The van der Waals surface area contributed by atoms with Gasteiger partial charge in [0.15, 0.2) is 0 Å². The van der Waals surface area contributed by atoms with Gasteiger partial charge in [0, 0.05) is 25.1 Å². The number of aromatic nitrogens is 4. The van der Waals surface area contributed by atoms with Crippen LogP contribution in [-0.4, -0.2) is 19.7 Å². The molecule has 0 saturated heterocycles. The predicted octanol–water partition coefficient (Wildman–Crippen LogP) is 3.35. The minimum absolute atomic E-state index is 0.602. The van der Waals surface area contributed by atoms with Crippen LogP contribution in [0.3, 0.4) is 0 Å². The molecule has 5 nitrogen and oxygen atoms in total. The molecular weight excluding hydrogens is 330 g/mol. The molecule has 0 atom stereocenters. The van der Waals surface area contributed by atoms with Gasteiger partial charge in [-0.15, -0.1) is 0 Å². The van der Waals surface area contributed by atoms with Crippen LogP contribution < -0.4 is 5.32 Å². The van der Waals surface area contributed by atoms with Gasteiger partial charge in [0.05, 0.1) is 15.9 Å². The van der Waals surface area contributed by atoms with Crippen LogP contribution in [0.25, 0.3) is 5.69 Å². The summed E-state index contributed by atoms with van der Waals surface area (Å²) >= 11 is 3.32. The molecule has 0 radical (unpaired) electrons. The van der Waals surface area contributed by atoms with Crippen LogP contribution in [0.15, 0.2) is 53.4 Å². The zero-order valence-corrected chi connectivity index (χ0v) is 13.1. The van der Waals surface area contributed by atoms with Crippen LogP contribution in [-0.2, 0) is 6.54 Å². The van der Waals surface area contributed by atoms with Crippen LogP contribution in [0.5, 0.6) is 0 Å².